The summed E-state index contributed by atoms with van der Waals surface area (Å²) in [5.41, 5.74) is 2.22. The highest BCUT2D eigenvalue weighted by Gasteiger charge is 2.16. The number of rotatable bonds is 5. The Bertz CT molecular complexity index is 478. The maximum absolute atomic E-state index is 10.3. The number of hydrogen-bond donors (Lipinski definition) is 1. The topological polar surface area (TPSA) is 38.0 Å². The summed E-state index contributed by atoms with van der Waals surface area (Å²) in [6.45, 7) is 2.09. The molecule has 0 saturated heterocycles. The van der Waals surface area contributed by atoms with Crippen molar-refractivity contribution in [3.63, 3.8) is 0 Å². The quantitative estimate of drug-likeness (QED) is 0.878. The number of benzene rings is 1. The minimum atomic E-state index is -0.386. The number of nitrogens with zero attached hydrogens (tertiary/aromatic N) is 2. The molecule has 0 spiro atoms. The zero-order valence-corrected chi connectivity index (χ0v) is 11.0. The number of hydrogen-bond acceptors (Lipinski definition) is 2. The summed E-state index contributed by atoms with van der Waals surface area (Å²) in [7, 11) is 1.92. The average molecular weight is 244 g/mol. The van der Waals surface area contributed by atoms with Gasteiger partial charge in [0.05, 0.1) is 12.3 Å². The molecule has 96 valence electrons. The number of aromatic nitrogens is 2. The van der Waals surface area contributed by atoms with Gasteiger partial charge in [0, 0.05) is 13.2 Å². The largest absolute Gasteiger partial charge is 0.388 e. The van der Waals surface area contributed by atoms with Crippen molar-refractivity contribution in [2.75, 3.05) is 0 Å². The Kier molecular flexibility index (Phi) is 4.15. The van der Waals surface area contributed by atoms with E-state index in [-0.39, 0.29) is 12.0 Å². The van der Waals surface area contributed by atoms with E-state index < -0.39 is 0 Å². The third-order valence-corrected chi connectivity index (χ3v) is 3.33. The molecule has 1 aromatic heterocycles. The van der Waals surface area contributed by atoms with Crippen molar-refractivity contribution in [2.24, 2.45) is 13.0 Å². The van der Waals surface area contributed by atoms with E-state index in [1.165, 1.54) is 5.56 Å². The molecule has 0 bridgehead atoms. The highest BCUT2D eigenvalue weighted by Crippen LogP contribution is 2.25. The lowest BCUT2D eigenvalue weighted by atomic mass is 9.92. The Labute approximate surface area is 108 Å². The molecule has 0 fully saturated rings. The highest BCUT2D eigenvalue weighted by molar-refractivity contribution is 5.18. The predicted octanol–water partition coefficient (Wildman–Crippen LogP) is 2.72. The van der Waals surface area contributed by atoms with Crippen molar-refractivity contribution in [3.05, 3.63) is 53.9 Å². The van der Waals surface area contributed by atoms with Gasteiger partial charge in [0.25, 0.3) is 0 Å². The molecule has 3 heteroatoms. The normalized spacial score (nSPS) is 14.4. The molecule has 2 rings (SSSR count). The van der Waals surface area contributed by atoms with Gasteiger partial charge in [0.2, 0.25) is 0 Å². The molecule has 0 aliphatic carbocycles. The van der Waals surface area contributed by atoms with Gasteiger partial charge >= 0.3 is 0 Å². The lowest BCUT2D eigenvalue weighted by molar-refractivity contribution is 0.113. The Hall–Kier alpha value is -1.61. The molecule has 0 aliphatic heterocycles. The predicted molar refractivity (Wildman–Crippen MR) is 72.1 cm³/mol. The first-order chi connectivity index (χ1) is 8.66. The summed E-state index contributed by atoms with van der Waals surface area (Å²) in [6, 6.07) is 9.85. The van der Waals surface area contributed by atoms with E-state index in [1.54, 1.807) is 0 Å². The molecule has 1 heterocycles. The van der Waals surface area contributed by atoms with Crippen LogP contribution in [0.3, 0.4) is 0 Å². The van der Waals surface area contributed by atoms with Gasteiger partial charge in [-0.05, 0) is 29.9 Å². The molecule has 0 saturated carbocycles. The molecule has 0 radical (unpaired) electrons. The van der Waals surface area contributed by atoms with E-state index in [2.05, 4.69) is 12.0 Å². The van der Waals surface area contributed by atoms with Crippen LogP contribution in [0.1, 0.15) is 30.6 Å². The third-order valence-electron chi connectivity index (χ3n) is 3.33. The van der Waals surface area contributed by atoms with Gasteiger partial charge in [-0.2, -0.15) is 5.10 Å². The second kappa shape index (κ2) is 5.83. The summed E-state index contributed by atoms with van der Waals surface area (Å²) in [6.07, 6.45) is 5.45. The molecule has 2 atom stereocenters. The van der Waals surface area contributed by atoms with E-state index in [0.717, 1.165) is 18.4 Å². The fraction of sp³-hybridized carbons (Fsp3) is 0.400. The van der Waals surface area contributed by atoms with Crippen molar-refractivity contribution in [3.8, 4) is 0 Å². The number of aryl methyl sites for hydroxylation is 2. The van der Waals surface area contributed by atoms with Gasteiger partial charge in [-0.15, -0.1) is 0 Å². The maximum Gasteiger partial charge on any atom is 0.0815 e. The number of aliphatic hydroxyl groups excluding tert-OH is 1. The van der Waals surface area contributed by atoms with Crippen LogP contribution in [0.2, 0.25) is 0 Å². The standard InChI is InChI=1S/C15H20N2O/c1-12(8-9-13-10-16-17(2)11-13)15(18)14-6-4-3-5-7-14/h3-7,10-12,15,18H,8-9H2,1-2H3. The lowest BCUT2D eigenvalue weighted by Crippen LogP contribution is -2.10. The molecule has 2 aromatic rings. The van der Waals surface area contributed by atoms with Crippen LogP contribution in [0.5, 0.6) is 0 Å². The van der Waals surface area contributed by atoms with Crippen molar-refractivity contribution >= 4 is 0 Å². The molecule has 0 amide bonds. The third kappa shape index (κ3) is 3.20. The van der Waals surface area contributed by atoms with Crippen LogP contribution in [0.4, 0.5) is 0 Å². The smallest absolute Gasteiger partial charge is 0.0815 e. The van der Waals surface area contributed by atoms with E-state index >= 15 is 0 Å². The van der Waals surface area contributed by atoms with E-state index in [9.17, 15) is 5.11 Å². The molecular formula is C15H20N2O. The Morgan fingerprint density at radius 2 is 2.00 bits per heavy atom. The molecule has 0 aliphatic rings. The zero-order chi connectivity index (χ0) is 13.0. The average Bonchev–Trinajstić information content (AvgIpc) is 2.82. The molecule has 2 unspecified atom stereocenters. The number of aliphatic hydroxyl groups is 1. The van der Waals surface area contributed by atoms with Crippen LogP contribution in [-0.4, -0.2) is 14.9 Å². The van der Waals surface area contributed by atoms with Gasteiger partial charge in [0.15, 0.2) is 0 Å². The summed E-state index contributed by atoms with van der Waals surface area (Å²) in [4.78, 5) is 0. The Morgan fingerprint density at radius 1 is 1.28 bits per heavy atom. The van der Waals surface area contributed by atoms with E-state index in [4.69, 9.17) is 0 Å². The van der Waals surface area contributed by atoms with Gasteiger partial charge in [-0.25, -0.2) is 0 Å². The highest BCUT2D eigenvalue weighted by atomic mass is 16.3. The fourth-order valence-electron chi connectivity index (χ4n) is 2.13. The van der Waals surface area contributed by atoms with Crippen molar-refractivity contribution in [2.45, 2.75) is 25.9 Å². The van der Waals surface area contributed by atoms with Crippen LogP contribution in [-0.2, 0) is 13.5 Å². The summed E-state index contributed by atoms with van der Waals surface area (Å²) >= 11 is 0. The van der Waals surface area contributed by atoms with Crippen molar-refractivity contribution < 1.29 is 5.11 Å². The Morgan fingerprint density at radius 3 is 2.61 bits per heavy atom. The van der Waals surface area contributed by atoms with Crippen molar-refractivity contribution in [1.82, 2.24) is 9.78 Å². The van der Waals surface area contributed by atoms with Gasteiger partial charge < -0.3 is 5.11 Å². The first kappa shape index (κ1) is 12.8. The van der Waals surface area contributed by atoms with Crippen LogP contribution < -0.4 is 0 Å². The zero-order valence-electron chi connectivity index (χ0n) is 11.0. The fourth-order valence-corrected chi connectivity index (χ4v) is 2.13. The molecular weight excluding hydrogens is 224 g/mol. The van der Waals surface area contributed by atoms with Gasteiger partial charge in [-0.3, -0.25) is 4.68 Å². The SMILES string of the molecule is CC(CCc1cnn(C)c1)C(O)c1ccccc1. The minimum absolute atomic E-state index is 0.243. The first-order valence-electron chi connectivity index (χ1n) is 6.37. The lowest BCUT2D eigenvalue weighted by Gasteiger charge is -2.18. The van der Waals surface area contributed by atoms with Crippen LogP contribution >= 0.6 is 0 Å². The van der Waals surface area contributed by atoms with Crippen LogP contribution in [0, 0.1) is 5.92 Å². The maximum atomic E-state index is 10.3. The summed E-state index contributed by atoms with van der Waals surface area (Å²) in [5, 5.41) is 14.4. The minimum Gasteiger partial charge on any atom is -0.388 e. The first-order valence-corrected chi connectivity index (χ1v) is 6.37. The summed E-state index contributed by atoms with van der Waals surface area (Å²) < 4.78 is 1.81. The van der Waals surface area contributed by atoms with E-state index in [0.29, 0.717) is 0 Å². The van der Waals surface area contributed by atoms with Crippen LogP contribution in [0.15, 0.2) is 42.7 Å². The van der Waals surface area contributed by atoms with E-state index in [1.807, 2.05) is 54.5 Å². The molecule has 1 N–H and O–H groups in total. The van der Waals surface area contributed by atoms with Crippen molar-refractivity contribution in [1.29, 1.82) is 0 Å². The molecule has 1 aromatic carbocycles. The van der Waals surface area contributed by atoms with Crippen LogP contribution in [0.25, 0.3) is 0 Å². The second-order valence-electron chi connectivity index (χ2n) is 4.89. The summed E-state index contributed by atoms with van der Waals surface area (Å²) in [5.74, 6) is 0.243. The van der Waals surface area contributed by atoms with Gasteiger partial charge in [-0.1, -0.05) is 37.3 Å². The Balaban J connectivity index is 1.90. The molecule has 18 heavy (non-hydrogen) atoms. The van der Waals surface area contributed by atoms with Gasteiger partial charge in [0.1, 0.15) is 0 Å². The monoisotopic (exact) mass is 244 g/mol. The molecule has 3 nitrogen and oxygen atoms in total. The second-order valence-corrected chi connectivity index (χ2v) is 4.89.